The third-order valence-corrected chi connectivity index (χ3v) is 5.71. The molecule has 4 heteroatoms. The molecule has 0 unspecified atom stereocenters. The molecule has 2 aromatic carbocycles. The number of aryl methyl sites for hydroxylation is 1. The third kappa shape index (κ3) is 3.08. The Morgan fingerprint density at radius 3 is 2.42 bits per heavy atom. The van der Waals surface area contributed by atoms with E-state index in [0.717, 1.165) is 28.0 Å². The largest absolute Gasteiger partial charge is 0.329 e. The summed E-state index contributed by atoms with van der Waals surface area (Å²) in [6.45, 7) is 2.03. The fourth-order valence-corrected chi connectivity index (χ4v) is 4.36. The molecule has 0 spiro atoms. The van der Waals surface area contributed by atoms with Crippen LogP contribution in [-0.2, 0) is 9.59 Å². The maximum absolute atomic E-state index is 13.0. The summed E-state index contributed by atoms with van der Waals surface area (Å²) in [5.74, 6) is -0.0604. The van der Waals surface area contributed by atoms with Crippen LogP contribution in [0.15, 0.2) is 59.8 Å². The zero-order valence-corrected chi connectivity index (χ0v) is 15.3. The second-order valence-electron chi connectivity index (χ2n) is 7.16. The van der Waals surface area contributed by atoms with E-state index in [2.05, 4.69) is 5.32 Å². The maximum Gasteiger partial charge on any atom is 0.225 e. The molecule has 0 saturated heterocycles. The lowest BCUT2D eigenvalue weighted by Crippen LogP contribution is -2.38. The number of hydrogen-bond acceptors (Lipinski definition) is 2. The number of allylic oxidation sites excluding steroid dienone is 2. The first-order valence-electron chi connectivity index (χ1n) is 8.90. The number of halogens is 1. The van der Waals surface area contributed by atoms with Crippen molar-refractivity contribution in [2.24, 2.45) is 0 Å². The van der Waals surface area contributed by atoms with Gasteiger partial charge in [0.2, 0.25) is 5.91 Å². The van der Waals surface area contributed by atoms with E-state index in [0.29, 0.717) is 24.3 Å². The minimum atomic E-state index is -0.154. The lowest BCUT2D eigenvalue weighted by atomic mass is 9.73. The van der Waals surface area contributed by atoms with Gasteiger partial charge in [-0.2, -0.15) is 0 Å². The number of carbonyl (C=O) groups is 2. The standard InChI is InChI=1S/C22H20ClNO2/c1-13-6-8-14(9-7-13)17-12-21(26)24-19-10-15(11-20(25)22(17)19)16-4-2-3-5-18(16)23/h2-9,15,17H,10-12H2,1H3,(H,24,26)/t15-,17+/m1/s1. The van der Waals surface area contributed by atoms with Gasteiger partial charge in [-0.15, -0.1) is 0 Å². The number of ketones is 1. The molecule has 1 N–H and O–H groups in total. The number of nitrogens with one attached hydrogen (secondary N) is 1. The van der Waals surface area contributed by atoms with Crippen molar-refractivity contribution in [3.05, 3.63) is 81.5 Å². The predicted octanol–water partition coefficient (Wildman–Crippen LogP) is 4.65. The van der Waals surface area contributed by atoms with E-state index >= 15 is 0 Å². The van der Waals surface area contributed by atoms with Crippen LogP contribution in [0.5, 0.6) is 0 Å². The van der Waals surface area contributed by atoms with Gasteiger partial charge in [0.05, 0.1) is 0 Å². The Hall–Kier alpha value is -2.39. The molecule has 0 radical (unpaired) electrons. The van der Waals surface area contributed by atoms with Crippen molar-refractivity contribution in [2.75, 3.05) is 0 Å². The second kappa shape index (κ2) is 6.73. The Morgan fingerprint density at radius 2 is 1.69 bits per heavy atom. The van der Waals surface area contributed by atoms with Crippen LogP contribution in [0, 0.1) is 6.92 Å². The molecule has 2 aromatic rings. The van der Waals surface area contributed by atoms with E-state index in [1.165, 1.54) is 0 Å². The highest BCUT2D eigenvalue weighted by atomic mass is 35.5. The van der Waals surface area contributed by atoms with E-state index < -0.39 is 0 Å². The molecule has 2 atom stereocenters. The van der Waals surface area contributed by atoms with Gasteiger partial charge >= 0.3 is 0 Å². The lowest BCUT2D eigenvalue weighted by molar-refractivity contribution is -0.122. The molecule has 4 rings (SSSR count). The maximum atomic E-state index is 13.0. The number of carbonyl (C=O) groups excluding carboxylic acids is 2. The molecule has 0 fully saturated rings. The van der Waals surface area contributed by atoms with E-state index in [1.54, 1.807) is 0 Å². The smallest absolute Gasteiger partial charge is 0.225 e. The predicted molar refractivity (Wildman–Crippen MR) is 102 cm³/mol. The fourth-order valence-electron chi connectivity index (χ4n) is 4.07. The summed E-state index contributed by atoms with van der Waals surface area (Å²) >= 11 is 6.33. The van der Waals surface area contributed by atoms with E-state index in [-0.39, 0.29) is 23.5 Å². The monoisotopic (exact) mass is 365 g/mol. The van der Waals surface area contributed by atoms with Gasteiger partial charge in [-0.3, -0.25) is 9.59 Å². The number of hydrogen-bond donors (Lipinski definition) is 1. The summed E-state index contributed by atoms with van der Waals surface area (Å²) in [7, 11) is 0. The van der Waals surface area contributed by atoms with Gasteiger partial charge in [0, 0.05) is 35.1 Å². The van der Waals surface area contributed by atoms with Crippen LogP contribution in [0.4, 0.5) is 0 Å². The summed E-state index contributed by atoms with van der Waals surface area (Å²) < 4.78 is 0. The van der Waals surface area contributed by atoms with Crippen LogP contribution < -0.4 is 5.32 Å². The Kier molecular flexibility index (Phi) is 4.41. The first-order valence-corrected chi connectivity index (χ1v) is 9.28. The van der Waals surface area contributed by atoms with Crippen molar-refractivity contribution in [1.29, 1.82) is 0 Å². The van der Waals surface area contributed by atoms with Gasteiger partial charge in [-0.05, 0) is 36.5 Å². The number of amides is 1. The first kappa shape index (κ1) is 17.0. The molecule has 0 aromatic heterocycles. The minimum absolute atomic E-state index is 0.00650. The average Bonchev–Trinajstić information content (AvgIpc) is 2.61. The molecule has 1 heterocycles. The van der Waals surface area contributed by atoms with Gasteiger partial charge in [-0.1, -0.05) is 59.6 Å². The molecule has 132 valence electrons. The molecule has 1 aliphatic heterocycles. The second-order valence-corrected chi connectivity index (χ2v) is 7.56. The Balaban J connectivity index is 1.73. The molecule has 1 aliphatic carbocycles. The molecule has 1 amide bonds. The van der Waals surface area contributed by atoms with Crippen molar-refractivity contribution in [3.63, 3.8) is 0 Å². The average molecular weight is 366 g/mol. The van der Waals surface area contributed by atoms with E-state index in [4.69, 9.17) is 11.6 Å². The Morgan fingerprint density at radius 1 is 0.962 bits per heavy atom. The normalized spacial score (nSPS) is 22.8. The van der Waals surface area contributed by atoms with E-state index in [1.807, 2.05) is 55.5 Å². The molecule has 2 aliphatic rings. The molecule has 26 heavy (non-hydrogen) atoms. The Bertz CT molecular complexity index is 914. The molecule has 0 bridgehead atoms. The summed E-state index contributed by atoms with van der Waals surface area (Å²) in [6, 6.07) is 15.7. The van der Waals surface area contributed by atoms with Crippen LogP contribution in [0.3, 0.4) is 0 Å². The van der Waals surface area contributed by atoms with Gasteiger partial charge < -0.3 is 5.32 Å². The molecular weight excluding hydrogens is 346 g/mol. The van der Waals surface area contributed by atoms with Crippen molar-refractivity contribution in [1.82, 2.24) is 5.32 Å². The van der Waals surface area contributed by atoms with Crippen molar-refractivity contribution in [2.45, 2.75) is 38.0 Å². The number of rotatable bonds is 2. The quantitative estimate of drug-likeness (QED) is 0.841. The van der Waals surface area contributed by atoms with Crippen molar-refractivity contribution < 1.29 is 9.59 Å². The van der Waals surface area contributed by atoms with Gasteiger partial charge in [0.15, 0.2) is 5.78 Å². The Labute approximate surface area is 158 Å². The molecule has 3 nitrogen and oxygen atoms in total. The SMILES string of the molecule is Cc1ccc([C@@H]2CC(=O)NC3=C2C(=O)C[C@H](c2ccccc2Cl)C3)cc1. The van der Waals surface area contributed by atoms with Crippen LogP contribution in [0.2, 0.25) is 5.02 Å². The topological polar surface area (TPSA) is 46.2 Å². The van der Waals surface area contributed by atoms with Gasteiger partial charge in [0.1, 0.15) is 0 Å². The van der Waals surface area contributed by atoms with E-state index in [9.17, 15) is 9.59 Å². The summed E-state index contributed by atoms with van der Waals surface area (Å²) in [6.07, 6.45) is 1.39. The van der Waals surface area contributed by atoms with Crippen LogP contribution in [0.1, 0.15) is 47.8 Å². The summed E-state index contributed by atoms with van der Waals surface area (Å²) in [4.78, 5) is 25.3. The first-order chi connectivity index (χ1) is 12.5. The highest BCUT2D eigenvalue weighted by molar-refractivity contribution is 6.31. The zero-order valence-electron chi connectivity index (χ0n) is 14.6. The van der Waals surface area contributed by atoms with Crippen LogP contribution in [0.25, 0.3) is 0 Å². The minimum Gasteiger partial charge on any atom is -0.329 e. The number of benzene rings is 2. The molecular formula is C22H20ClNO2. The van der Waals surface area contributed by atoms with Crippen LogP contribution in [-0.4, -0.2) is 11.7 Å². The molecule has 0 saturated carbocycles. The summed E-state index contributed by atoms with van der Waals surface area (Å²) in [5, 5.41) is 3.63. The summed E-state index contributed by atoms with van der Waals surface area (Å²) in [5.41, 5.74) is 4.71. The lowest BCUT2D eigenvalue weighted by Gasteiger charge is -2.34. The third-order valence-electron chi connectivity index (χ3n) is 5.36. The zero-order chi connectivity index (χ0) is 18.3. The number of Topliss-reactive ketones (excluding diaryl/α,β-unsaturated/α-hetero) is 1. The van der Waals surface area contributed by atoms with Crippen LogP contribution >= 0.6 is 11.6 Å². The van der Waals surface area contributed by atoms with Gasteiger partial charge in [-0.25, -0.2) is 0 Å². The van der Waals surface area contributed by atoms with Crippen molar-refractivity contribution in [3.8, 4) is 0 Å². The fraction of sp³-hybridized carbons (Fsp3) is 0.273. The highest BCUT2D eigenvalue weighted by Crippen LogP contribution is 2.43. The highest BCUT2D eigenvalue weighted by Gasteiger charge is 2.38. The van der Waals surface area contributed by atoms with Crippen molar-refractivity contribution >= 4 is 23.3 Å². The van der Waals surface area contributed by atoms with Gasteiger partial charge in [0.25, 0.3) is 0 Å².